The largest absolute Gasteiger partial charge is 0.372 e. The molecule has 162 valence electrons. The highest BCUT2D eigenvalue weighted by Gasteiger charge is 2.15. The lowest BCUT2D eigenvalue weighted by molar-refractivity contribution is 0.0940. The van der Waals surface area contributed by atoms with Gasteiger partial charge < -0.3 is 10.1 Å². The molecule has 3 aromatic carbocycles. The van der Waals surface area contributed by atoms with E-state index in [1.165, 1.54) is 16.8 Å². The second-order valence-electron chi connectivity index (χ2n) is 7.35. The molecule has 1 heterocycles. The number of rotatable bonds is 8. The third-order valence-corrected chi connectivity index (χ3v) is 4.90. The van der Waals surface area contributed by atoms with E-state index in [4.69, 9.17) is 4.74 Å². The van der Waals surface area contributed by atoms with Crippen molar-refractivity contribution in [2.45, 2.75) is 26.7 Å². The molecule has 1 aromatic heterocycles. The maximum Gasteiger partial charge on any atom is 0.291 e. The molecule has 0 bridgehead atoms. The number of benzene rings is 3. The number of nitrogens with zero attached hydrogens (tertiary/aromatic N) is 3. The van der Waals surface area contributed by atoms with Crippen molar-refractivity contribution in [2.24, 2.45) is 0 Å². The molecule has 0 saturated heterocycles. The molecule has 0 unspecified atom stereocenters. The maximum absolute atomic E-state index is 13.1. The minimum atomic E-state index is -0.371. The highest BCUT2D eigenvalue weighted by atomic mass is 19.1. The van der Waals surface area contributed by atoms with Crippen LogP contribution in [0.3, 0.4) is 0 Å². The number of amides is 1. The monoisotopic (exact) mass is 430 g/mol. The lowest BCUT2D eigenvalue weighted by Crippen LogP contribution is -2.24. The number of aromatic nitrogens is 3. The molecule has 0 radical (unpaired) electrons. The van der Waals surface area contributed by atoms with E-state index < -0.39 is 0 Å². The second kappa shape index (κ2) is 9.98. The van der Waals surface area contributed by atoms with Gasteiger partial charge in [-0.1, -0.05) is 54.6 Å². The van der Waals surface area contributed by atoms with Gasteiger partial charge in [-0.2, -0.15) is 0 Å². The molecule has 0 aliphatic heterocycles. The Hall–Kier alpha value is -3.84. The third-order valence-electron chi connectivity index (χ3n) is 4.90. The van der Waals surface area contributed by atoms with E-state index in [2.05, 4.69) is 15.4 Å². The number of carbonyl (C=O) groups excluding carboxylic acids is 1. The van der Waals surface area contributed by atoms with Gasteiger partial charge in [0.05, 0.1) is 18.9 Å². The Kier molecular flexibility index (Phi) is 6.67. The summed E-state index contributed by atoms with van der Waals surface area (Å²) in [5.74, 6) is -0.0955. The number of halogens is 1. The first kappa shape index (κ1) is 21.4. The van der Waals surface area contributed by atoms with Crippen LogP contribution >= 0.6 is 0 Å². The molecule has 0 fully saturated rings. The van der Waals surface area contributed by atoms with Gasteiger partial charge in [-0.25, -0.2) is 14.1 Å². The normalized spacial score (nSPS) is 10.8. The number of hydrogen-bond donors (Lipinski definition) is 1. The third kappa shape index (κ3) is 5.44. The van der Waals surface area contributed by atoms with Gasteiger partial charge in [0, 0.05) is 6.54 Å². The van der Waals surface area contributed by atoms with Crippen LogP contribution in [0.5, 0.6) is 0 Å². The van der Waals surface area contributed by atoms with Crippen LogP contribution < -0.4 is 5.32 Å². The molecule has 0 atom stereocenters. The molecule has 1 N–H and O–H groups in total. The first-order valence-corrected chi connectivity index (χ1v) is 10.3. The van der Waals surface area contributed by atoms with Gasteiger partial charge in [-0.05, 0) is 47.9 Å². The quantitative estimate of drug-likeness (QED) is 0.451. The lowest BCUT2D eigenvalue weighted by atomic mass is 10.1. The van der Waals surface area contributed by atoms with Crippen molar-refractivity contribution in [1.82, 2.24) is 20.1 Å². The smallest absolute Gasteiger partial charge is 0.291 e. The summed E-state index contributed by atoms with van der Waals surface area (Å²) in [6.07, 6.45) is 0. The van der Waals surface area contributed by atoms with Crippen molar-refractivity contribution in [3.8, 4) is 5.69 Å². The van der Waals surface area contributed by atoms with E-state index >= 15 is 0 Å². The topological polar surface area (TPSA) is 69.0 Å². The summed E-state index contributed by atoms with van der Waals surface area (Å²) in [5, 5.41) is 7.08. The standard InChI is InChI=1S/C25H23FN4O2/c1-18-28-24(29-30(18)23-13-11-22(26)12-14-23)25(31)27-15-19-7-9-21(10-8-19)17-32-16-20-5-3-2-4-6-20/h2-14H,15-17H2,1H3,(H,27,31). The van der Waals surface area contributed by atoms with Crippen LogP contribution in [0.2, 0.25) is 0 Å². The summed E-state index contributed by atoms with van der Waals surface area (Å²) in [4.78, 5) is 16.7. The van der Waals surface area contributed by atoms with Gasteiger partial charge in [-0.3, -0.25) is 4.79 Å². The molecule has 4 rings (SSSR count). The summed E-state index contributed by atoms with van der Waals surface area (Å²) in [5.41, 5.74) is 3.80. The Bertz CT molecular complexity index is 1170. The Morgan fingerprint density at radius 2 is 1.53 bits per heavy atom. The van der Waals surface area contributed by atoms with Crippen molar-refractivity contribution >= 4 is 5.91 Å². The molecular weight excluding hydrogens is 407 g/mol. The zero-order valence-corrected chi connectivity index (χ0v) is 17.7. The Morgan fingerprint density at radius 1 is 0.906 bits per heavy atom. The van der Waals surface area contributed by atoms with Crippen molar-refractivity contribution in [2.75, 3.05) is 0 Å². The van der Waals surface area contributed by atoms with Crippen molar-refractivity contribution < 1.29 is 13.9 Å². The first-order chi connectivity index (χ1) is 15.6. The summed E-state index contributed by atoms with van der Waals surface area (Å²) >= 11 is 0. The number of nitrogens with one attached hydrogen (secondary N) is 1. The zero-order chi connectivity index (χ0) is 22.3. The number of aryl methyl sites for hydroxylation is 1. The van der Waals surface area contributed by atoms with E-state index in [1.807, 2.05) is 54.6 Å². The molecular formula is C25H23FN4O2. The van der Waals surface area contributed by atoms with Crippen molar-refractivity contribution in [3.63, 3.8) is 0 Å². The molecule has 32 heavy (non-hydrogen) atoms. The van der Waals surface area contributed by atoms with Crippen LogP contribution in [0, 0.1) is 12.7 Å². The van der Waals surface area contributed by atoms with Crippen LogP contribution in [0.25, 0.3) is 5.69 Å². The summed E-state index contributed by atoms with van der Waals surface area (Å²) < 4.78 is 20.4. The van der Waals surface area contributed by atoms with E-state index in [1.54, 1.807) is 19.1 Å². The van der Waals surface area contributed by atoms with Gasteiger partial charge in [0.25, 0.3) is 5.91 Å². The van der Waals surface area contributed by atoms with E-state index in [9.17, 15) is 9.18 Å². The Morgan fingerprint density at radius 3 is 2.22 bits per heavy atom. The molecule has 0 aliphatic rings. The summed E-state index contributed by atoms with van der Waals surface area (Å²) in [6.45, 7) is 3.18. The van der Waals surface area contributed by atoms with Gasteiger partial charge in [0.2, 0.25) is 5.82 Å². The Balaban J connectivity index is 1.29. The average molecular weight is 430 g/mol. The zero-order valence-electron chi connectivity index (χ0n) is 17.7. The fourth-order valence-electron chi connectivity index (χ4n) is 3.19. The SMILES string of the molecule is Cc1nc(C(=O)NCc2ccc(COCc3ccccc3)cc2)nn1-c1ccc(F)cc1. The van der Waals surface area contributed by atoms with Crippen LogP contribution in [-0.2, 0) is 24.5 Å². The maximum atomic E-state index is 13.1. The van der Waals surface area contributed by atoms with Gasteiger partial charge in [0.15, 0.2) is 0 Å². The fraction of sp³-hybridized carbons (Fsp3) is 0.160. The second-order valence-corrected chi connectivity index (χ2v) is 7.35. The number of hydrogen-bond acceptors (Lipinski definition) is 4. The molecule has 7 heteroatoms. The molecule has 0 spiro atoms. The van der Waals surface area contributed by atoms with Crippen LogP contribution in [0.15, 0.2) is 78.9 Å². The number of carbonyl (C=O) groups is 1. The molecule has 1 amide bonds. The van der Waals surface area contributed by atoms with Gasteiger partial charge in [-0.15, -0.1) is 5.10 Å². The lowest BCUT2D eigenvalue weighted by Gasteiger charge is -2.07. The van der Waals surface area contributed by atoms with E-state index in [0.717, 1.165) is 16.7 Å². The summed E-state index contributed by atoms with van der Waals surface area (Å²) in [7, 11) is 0. The van der Waals surface area contributed by atoms with Crippen LogP contribution in [0.1, 0.15) is 33.1 Å². The van der Waals surface area contributed by atoms with E-state index in [0.29, 0.717) is 31.3 Å². The molecule has 0 saturated carbocycles. The minimum absolute atomic E-state index is 0.0674. The van der Waals surface area contributed by atoms with Crippen molar-refractivity contribution in [1.29, 1.82) is 0 Å². The van der Waals surface area contributed by atoms with Crippen molar-refractivity contribution in [3.05, 3.63) is 113 Å². The predicted octanol–water partition coefficient (Wildman–Crippen LogP) is 4.36. The average Bonchev–Trinajstić information content (AvgIpc) is 3.21. The molecule has 4 aromatic rings. The molecule has 0 aliphatic carbocycles. The van der Waals surface area contributed by atoms with Gasteiger partial charge >= 0.3 is 0 Å². The van der Waals surface area contributed by atoms with Gasteiger partial charge in [0.1, 0.15) is 11.6 Å². The number of ether oxygens (including phenoxy) is 1. The first-order valence-electron chi connectivity index (χ1n) is 10.3. The fourth-order valence-corrected chi connectivity index (χ4v) is 3.19. The highest BCUT2D eigenvalue weighted by molar-refractivity contribution is 5.90. The van der Waals surface area contributed by atoms with E-state index in [-0.39, 0.29) is 17.5 Å². The minimum Gasteiger partial charge on any atom is -0.372 e. The summed E-state index contributed by atoms with van der Waals surface area (Å²) in [6, 6.07) is 23.8. The van der Waals surface area contributed by atoms with Crippen LogP contribution in [-0.4, -0.2) is 20.7 Å². The predicted molar refractivity (Wildman–Crippen MR) is 119 cm³/mol. The van der Waals surface area contributed by atoms with Crippen LogP contribution in [0.4, 0.5) is 4.39 Å². The Labute approximate surface area is 185 Å². The highest BCUT2D eigenvalue weighted by Crippen LogP contribution is 2.11. The molecule has 6 nitrogen and oxygen atoms in total.